The molecule has 0 spiro atoms. The number of carbonyl (C=O) groups is 3. The Labute approximate surface area is 261 Å². The molecule has 0 aromatic heterocycles. The number of phenols is 1. The van der Waals surface area contributed by atoms with Gasteiger partial charge >= 0.3 is 6.18 Å². The van der Waals surface area contributed by atoms with E-state index < -0.39 is 64.8 Å². The third-order valence-corrected chi connectivity index (χ3v) is 9.08. The minimum Gasteiger partial charge on any atom is -0.508 e. The summed E-state index contributed by atoms with van der Waals surface area (Å²) in [6.45, 7) is 4.35. The minimum atomic E-state index is -4.86. The van der Waals surface area contributed by atoms with Gasteiger partial charge in [0, 0.05) is 22.4 Å². The lowest BCUT2D eigenvalue weighted by Gasteiger charge is -2.33. The normalized spacial score (nSPS) is 17.4. The average Bonchev–Trinajstić information content (AvgIpc) is 3.31. The fourth-order valence-electron chi connectivity index (χ4n) is 5.23. The molecule has 1 fully saturated rings. The summed E-state index contributed by atoms with van der Waals surface area (Å²) in [5.41, 5.74) is -0.438. The number of thioether (sulfide) groups is 1. The minimum absolute atomic E-state index is 0.0109. The fourth-order valence-corrected chi connectivity index (χ4v) is 6.37. The second-order valence-electron chi connectivity index (χ2n) is 11.3. The van der Waals surface area contributed by atoms with Crippen molar-refractivity contribution in [3.63, 3.8) is 0 Å². The SMILES string of the molecule is Cc1c(O)cccc1C(=O)NC(Cc1ccccc1)C(O)C(=O)N1CSC(C)(C)C1C(=O)NCc1ccc(F)cc1C(F)(F)F. The van der Waals surface area contributed by atoms with Crippen LogP contribution in [0.15, 0.2) is 66.7 Å². The van der Waals surface area contributed by atoms with E-state index in [2.05, 4.69) is 10.6 Å². The Morgan fingerprint density at radius 2 is 1.76 bits per heavy atom. The van der Waals surface area contributed by atoms with Gasteiger partial charge in [0.2, 0.25) is 5.91 Å². The van der Waals surface area contributed by atoms with Crippen LogP contribution in [0.5, 0.6) is 5.75 Å². The quantitative estimate of drug-likeness (QED) is 0.253. The Balaban J connectivity index is 1.57. The molecular formula is C32H33F4N3O5S. The predicted molar refractivity (Wildman–Crippen MR) is 161 cm³/mol. The highest BCUT2D eigenvalue weighted by atomic mass is 32.2. The molecule has 0 saturated carbocycles. The van der Waals surface area contributed by atoms with E-state index in [9.17, 15) is 42.2 Å². The van der Waals surface area contributed by atoms with Crippen molar-refractivity contribution in [1.29, 1.82) is 0 Å². The standard InChI is InChI=1S/C32H33F4N3O5S/c1-18-22(10-7-11-25(18)40)28(42)38-24(14-19-8-5-4-6-9-19)26(41)30(44)39-17-45-31(2,3)27(39)29(43)37-16-20-12-13-21(33)15-23(20)32(34,35)36/h4-13,15,24,26-27,40-41H,14,16-17H2,1-3H3,(H,37,43)(H,38,42). The number of rotatable bonds is 9. The zero-order chi connectivity index (χ0) is 33.1. The largest absolute Gasteiger partial charge is 0.508 e. The van der Waals surface area contributed by atoms with E-state index in [1.54, 1.807) is 51.1 Å². The number of alkyl halides is 3. The highest BCUT2D eigenvalue weighted by Gasteiger charge is 2.50. The lowest BCUT2D eigenvalue weighted by atomic mass is 9.96. The number of carbonyl (C=O) groups excluding carboxylic acids is 3. The van der Waals surface area contributed by atoms with Gasteiger partial charge in [0.15, 0.2) is 6.10 Å². The van der Waals surface area contributed by atoms with Crippen LogP contribution in [0.2, 0.25) is 0 Å². The number of amides is 3. The molecule has 4 N–H and O–H groups in total. The van der Waals surface area contributed by atoms with Crippen LogP contribution in [0, 0.1) is 12.7 Å². The highest BCUT2D eigenvalue weighted by molar-refractivity contribution is 8.00. The van der Waals surface area contributed by atoms with E-state index in [1.807, 2.05) is 0 Å². The molecule has 0 radical (unpaired) electrons. The number of aromatic hydroxyl groups is 1. The zero-order valence-corrected chi connectivity index (χ0v) is 25.5. The van der Waals surface area contributed by atoms with E-state index in [1.165, 1.54) is 30.0 Å². The molecule has 1 aliphatic rings. The Morgan fingerprint density at radius 1 is 1.07 bits per heavy atom. The van der Waals surface area contributed by atoms with Crippen molar-refractivity contribution in [2.24, 2.45) is 0 Å². The van der Waals surface area contributed by atoms with Gasteiger partial charge in [-0.15, -0.1) is 11.8 Å². The van der Waals surface area contributed by atoms with Crippen LogP contribution in [-0.2, 0) is 28.7 Å². The van der Waals surface area contributed by atoms with Gasteiger partial charge in [-0.25, -0.2) is 4.39 Å². The molecule has 45 heavy (non-hydrogen) atoms. The third-order valence-electron chi connectivity index (χ3n) is 7.71. The third kappa shape index (κ3) is 7.77. The van der Waals surface area contributed by atoms with Crippen molar-refractivity contribution >= 4 is 29.5 Å². The van der Waals surface area contributed by atoms with Crippen LogP contribution >= 0.6 is 11.8 Å². The van der Waals surface area contributed by atoms with Gasteiger partial charge < -0.3 is 25.7 Å². The molecule has 0 bridgehead atoms. The topological polar surface area (TPSA) is 119 Å². The molecule has 1 saturated heterocycles. The number of nitrogens with zero attached hydrogens (tertiary/aromatic N) is 1. The number of nitrogens with one attached hydrogen (secondary N) is 2. The van der Waals surface area contributed by atoms with E-state index in [-0.39, 0.29) is 29.2 Å². The van der Waals surface area contributed by atoms with Gasteiger partial charge in [0.1, 0.15) is 17.6 Å². The van der Waals surface area contributed by atoms with Crippen molar-refractivity contribution in [2.45, 2.75) is 62.8 Å². The number of aliphatic hydroxyl groups excluding tert-OH is 1. The molecule has 3 aromatic carbocycles. The van der Waals surface area contributed by atoms with E-state index in [4.69, 9.17) is 0 Å². The second-order valence-corrected chi connectivity index (χ2v) is 12.9. The Hall–Kier alpha value is -4.10. The number of phenolic OH excluding ortho intramolecular Hbond substituents is 1. The van der Waals surface area contributed by atoms with Gasteiger partial charge in [-0.2, -0.15) is 13.2 Å². The Morgan fingerprint density at radius 3 is 2.42 bits per heavy atom. The first-order chi connectivity index (χ1) is 21.1. The van der Waals surface area contributed by atoms with Crippen molar-refractivity contribution in [3.8, 4) is 5.75 Å². The highest BCUT2D eigenvalue weighted by Crippen LogP contribution is 2.40. The molecule has 3 aromatic rings. The lowest BCUT2D eigenvalue weighted by Crippen LogP contribution is -2.58. The van der Waals surface area contributed by atoms with Crippen molar-refractivity contribution < 1.29 is 42.2 Å². The summed E-state index contributed by atoms with van der Waals surface area (Å²) in [5, 5.41) is 26.6. The van der Waals surface area contributed by atoms with E-state index >= 15 is 0 Å². The average molecular weight is 648 g/mol. The first-order valence-corrected chi connectivity index (χ1v) is 15.0. The van der Waals surface area contributed by atoms with Gasteiger partial charge in [0.05, 0.1) is 17.5 Å². The first kappa shape index (κ1) is 33.8. The number of hydrogen-bond donors (Lipinski definition) is 4. The second kappa shape index (κ2) is 13.5. The zero-order valence-electron chi connectivity index (χ0n) is 24.7. The molecule has 3 atom stereocenters. The van der Waals surface area contributed by atoms with Crippen LogP contribution in [0.3, 0.4) is 0 Å². The van der Waals surface area contributed by atoms with E-state index in [0.29, 0.717) is 17.2 Å². The number of hydrogen-bond acceptors (Lipinski definition) is 6. The van der Waals surface area contributed by atoms with Gasteiger partial charge in [-0.3, -0.25) is 14.4 Å². The Kier molecular flexibility index (Phi) is 10.1. The summed E-state index contributed by atoms with van der Waals surface area (Å²) >= 11 is 1.24. The number of aliphatic hydroxyl groups is 1. The predicted octanol–water partition coefficient (Wildman–Crippen LogP) is 4.56. The molecular weight excluding hydrogens is 614 g/mol. The van der Waals surface area contributed by atoms with Crippen LogP contribution in [-0.4, -0.2) is 61.6 Å². The van der Waals surface area contributed by atoms with Crippen molar-refractivity contribution in [1.82, 2.24) is 15.5 Å². The molecule has 4 rings (SSSR count). The van der Waals surface area contributed by atoms with Crippen LogP contribution in [0.1, 0.15) is 46.5 Å². The summed E-state index contributed by atoms with van der Waals surface area (Å²) in [4.78, 5) is 41.7. The van der Waals surface area contributed by atoms with Gasteiger partial charge in [-0.05, 0) is 62.6 Å². The molecule has 1 heterocycles. The van der Waals surface area contributed by atoms with E-state index in [0.717, 1.165) is 17.0 Å². The van der Waals surface area contributed by atoms with Crippen molar-refractivity contribution in [3.05, 3.63) is 100 Å². The monoisotopic (exact) mass is 647 g/mol. The van der Waals surface area contributed by atoms with Crippen LogP contribution in [0.25, 0.3) is 0 Å². The summed E-state index contributed by atoms with van der Waals surface area (Å²) in [7, 11) is 0. The molecule has 1 aliphatic heterocycles. The number of halogens is 4. The molecule has 8 nitrogen and oxygen atoms in total. The maximum absolute atomic E-state index is 13.8. The van der Waals surface area contributed by atoms with Gasteiger partial charge in [-0.1, -0.05) is 42.5 Å². The van der Waals surface area contributed by atoms with Crippen LogP contribution in [0.4, 0.5) is 17.6 Å². The molecule has 13 heteroatoms. The molecule has 0 aliphatic carbocycles. The summed E-state index contributed by atoms with van der Waals surface area (Å²) < 4.78 is 53.2. The lowest BCUT2D eigenvalue weighted by molar-refractivity contribution is -0.147. The van der Waals surface area contributed by atoms with Crippen molar-refractivity contribution in [2.75, 3.05) is 5.88 Å². The first-order valence-electron chi connectivity index (χ1n) is 14.0. The molecule has 3 amide bonds. The number of benzene rings is 3. The summed E-state index contributed by atoms with van der Waals surface area (Å²) in [6, 6.07) is 13.0. The summed E-state index contributed by atoms with van der Waals surface area (Å²) in [5.74, 6) is -3.45. The fraction of sp³-hybridized carbons (Fsp3) is 0.344. The maximum atomic E-state index is 13.8. The van der Waals surface area contributed by atoms with Crippen LogP contribution < -0.4 is 10.6 Å². The molecule has 3 unspecified atom stereocenters. The Bertz CT molecular complexity index is 1570. The molecule has 240 valence electrons. The smallest absolute Gasteiger partial charge is 0.416 e. The maximum Gasteiger partial charge on any atom is 0.416 e. The summed E-state index contributed by atoms with van der Waals surface area (Å²) in [6.07, 6.45) is -6.62. The van der Waals surface area contributed by atoms with Gasteiger partial charge in [0.25, 0.3) is 11.8 Å².